The molecule has 1 atom stereocenters. The molecule has 2 aliphatic heterocycles. The summed E-state index contributed by atoms with van der Waals surface area (Å²) < 4.78 is 7.79. The van der Waals surface area contributed by atoms with E-state index in [1.54, 1.807) is 53.2 Å². The lowest BCUT2D eigenvalue weighted by Crippen LogP contribution is -2.43. The number of rotatable bonds is 9. The number of aromatic hydroxyl groups is 1. The summed E-state index contributed by atoms with van der Waals surface area (Å²) in [6.07, 6.45) is 0.883. The van der Waals surface area contributed by atoms with E-state index >= 15 is 0 Å². The highest BCUT2D eigenvalue weighted by Gasteiger charge is 2.32. The van der Waals surface area contributed by atoms with Crippen LogP contribution in [0.4, 0.5) is 16.2 Å². The first kappa shape index (κ1) is 38.2. The van der Waals surface area contributed by atoms with Crippen molar-refractivity contribution in [3.8, 4) is 22.8 Å². The number of phenolic OH excluding ortho intramolecular Hbond substituents is 1. The number of ether oxygens (including phenoxy) is 1. The smallest absolute Gasteiger partial charge is 0.415 e. The van der Waals surface area contributed by atoms with E-state index in [-0.39, 0.29) is 23.6 Å². The predicted molar refractivity (Wildman–Crippen MR) is 220 cm³/mol. The largest absolute Gasteiger partial charge is 0.508 e. The minimum Gasteiger partial charge on any atom is -0.508 e. The van der Waals surface area contributed by atoms with Gasteiger partial charge in [0.2, 0.25) is 0 Å². The number of nitrogens with one attached hydrogen (secondary N) is 1. The average Bonchev–Trinajstić information content (AvgIpc) is 3.49. The molecule has 2 aliphatic rings. The van der Waals surface area contributed by atoms with Crippen LogP contribution in [-0.4, -0.2) is 89.1 Å². The molecule has 0 spiro atoms. The second-order valence-electron chi connectivity index (χ2n) is 15.2. The van der Waals surface area contributed by atoms with Gasteiger partial charge in [-0.2, -0.15) is 0 Å². The fourth-order valence-electron chi connectivity index (χ4n) is 7.64. The van der Waals surface area contributed by atoms with Gasteiger partial charge >= 0.3 is 6.09 Å². The van der Waals surface area contributed by atoms with E-state index in [0.717, 1.165) is 58.8 Å². The van der Waals surface area contributed by atoms with Crippen LogP contribution < -0.4 is 15.0 Å². The first-order valence-corrected chi connectivity index (χ1v) is 19.1. The van der Waals surface area contributed by atoms with Crippen LogP contribution >= 0.6 is 0 Å². The number of nitrogens with zero attached hydrogens (tertiary/aromatic N) is 5. The molecule has 0 saturated carbocycles. The molecule has 3 amide bonds. The molecule has 290 valence electrons. The summed E-state index contributed by atoms with van der Waals surface area (Å²) >= 11 is 0. The first-order chi connectivity index (χ1) is 26.9. The summed E-state index contributed by atoms with van der Waals surface area (Å²) in [5, 5.41) is 13.2. The van der Waals surface area contributed by atoms with E-state index in [9.17, 15) is 19.5 Å². The summed E-state index contributed by atoms with van der Waals surface area (Å²) in [6, 6.07) is 28.0. The lowest BCUT2D eigenvalue weighted by atomic mass is 9.90. The van der Waals surface area contributed by atoms with Gasteiger partial charge in [-0.05, 0) is 130 Å². The maximum atomic E-state index is 14.8. The topological polar surface area (TPSA) is 111 Å². The van der Waals surface area contributed by atoms with Gasteiger partial charge in [-0.1, -0.05) is 24.3 Å². The van der Waals surface area contributed by atoms with Crippen LogP contribution in [0.2, 0.25) is 0 Å². The number of hydrogen-bond acceptors (Lipinski definition) is 7. The van der Waals surface area contributed by atoms with Crippen LogP contribution in [0.15, 0.2) is 91.0 Å². The molecule has 56 heavy (non-hydrogen) atoms. The highest BCUT2D eigenvalue weighted by Crippen LogP contribution is 2.36. The lowest BCUT2D eigenvalue weighted by molar-refractivity contribution is 0.0658. The zero-order chi connectivity index (χ0) is 39.7. The molecular formula is C45H50N6O5. The second kappa shape index (κ2) is 16.0. The number of fused-ring (bicyclic) bond motifs is 2. The quantitative estimate of drug-likeness (QED) is 0.165. The molecule has 11 nitrogen and oxygen atoms in total. The maximum Gasteiger partial charge on any atom is 0.415 e. The van der Waals surface area contributed by atoms with Gasteiger partial charge in [0, 0.05) is 86.8 Å². The zero-order valence-electron chi connectivity index (χ0n) is 33.0. The van der Waals surface area contributed by atoms with Gasteiger partial charge in [0.1, 0.15) is 11.5 Å². The monoisotopic (exact) mass is 754 g/mol. The Bertz CT molecular complexity index is 2260. The third-order valence-electron chi connectivity index (χ3n) is 11.1. The molecular weight excluding hydrogens is 705 g/mol. The van der Waals surface area contributed by atoms with Crippen LogP contribution in [-0.2, 0) is 33.0 Å². The van der Waals surface area contributed by atoms with Gasteiger partial charge in [0.05, 0.1) is 5.56 Å². The number of benzene rings is 4. The molecule has 7 rings (SSSR count). The highest BCUT2D eigenvalue weighted by atomic mass is 16.6. The van der Waals surface area contributed by atoms with Crippen molar-refractivity contribution in [2.75, 3.05) is 51.0 Å². The third-order valence-corrected chi connectivity index (χ3v) is 11.1. The predicted octanol–water partition coefficient (Wildman–Crippen LogP) is 7.10. The number of hydrogen-bond donors (Lipinski definition) is 2. The third kappa shape index (κ3) is 7.85. The Morgan fingerprint density at radius 1 is 0.857 bits per heavy atom. The highest BCUT2D eigenvalue weighted by molar-refractivity contribution is 6.08. The number of phenols is 1. The molecule has 0 unspecified atom stereocenters. The average molecular weight is 755 g/mol. The van der Waals surface area contributed by atoms with Crippen LogP contribution in [0, 0.1) is 6.92 Å². The number of amides is 3. The van der Waals surface area contributed by atoms with Crippen LogP contribution in [0.25, 0.3) is 11.3 Å². The SMILES string of the molecule is Cc1c(C(=O)N(C)c2ccc(O)cc2)cc(-c2cc3c(cc2C(=O)N2Cc4ccccc4C[C@H]2C)CN(C(=O)Oc2ccc(NCCN(C)C)cc2)CC3)n1C. The molecule has 0 radical (unpaired) electrons. The minimum atomic E-state index is -0.443. The van der Waals surface area contributed by atoms with Crippen molar-refractivity contribution in [1.29, 1.82) is 0 Å². The number of likely N-dealkylation sites (N-methyl/N-ethyl adjacent to an activating group) is 1. The van der Waals surface area contributed by atoms with Gasteiger partial charge < -0.3 is 39.3 Å². The Morgan fingerprint density at radius 2 is 1.57 bits per heavy atom. The van der Waals surface area contributed by atoms with Crippen LogP contribution in [0.5, 0.6) is 11.5 Å². The number of carbonyl (C=O) groups excluding carboxylic acids is 3. The molecule has 0 bridgehead atoms. The van der Waals surface area contributed by atoms with E-state index in [4.69, 9.17) is 4.74 Å². The van der Waals surface area contributed by atoms with E-state index in [1.807, 2.05) is 73.9 Å². The molecule has 0 aliphatic carbocycles. The molecule has 0 fully saturated rings. The van der Waals surface area contributed by atoms with Crippen molar-refractivity contribution in [2.45, 2.75) is 45.8 Å². The summed E-state index contributed by atoms with van der Waals surface area (Å²) in [7, 11) is 7.68. The molecule has 2 N–H and O–H groups in total. The molecule has 11 heteroatoms. The minimum absolute atomic E-state index is 0.0337. The summed E-state index contributed by atoms with van der Waals surface area (Å²) in [4.78, 5) is 49.6. The van der Waals surface area contributed by atoms with Gasteiger partial charge in [0.15, 0.2) is 0 Å². The standard InChI is InChI=1S/C45H50N6O5/c1-29-23-31-9-7-8-10-33(31)28-51(29)44(54)41-25-34-27-50(45(55)56-38-17-11-35(12-18-38)46-20-22-47(3)4)21-19-32(34)24-40(41)42-26-39(30(2)48(42)5)43(53)49(6)36-13-15-37(52)16-14-36/h7-18,24-26,29,46,52H,19-23,27-28H2,1-6H3/t29-/m1/s1. The Balaban J connectivity index is 1.20. The fourth-order valence-corrected chi connectivity index (χ4v) is 7.64. The molecule has 3 heterocycles. The maximum absolute atomic E-state index is 14.8. The van der Waals surface area contributed by atoms with Gasteiger partial charge in [0.25, 0.3) is 11.8 Å². The van der Waals surface area contributed by atoms with Crippen molar-refractivity contribution in [3.63, 3.8) is 0 Å². The zero-order valence-corrected chi connectivity index (χ0v) is 33.0. The number of aromatic nitrogens is 1. The van der Waals surface area contributed by atoms with Crippen molar-refractivity contribution >= 4 is 29.3 Å². The van der Waals surface area contributed by atoms with Crippen molar-refractivity contribution in [2.24, 2.45) is 7.05 Å². The Labute approximate surface area is 328 Å². The van der Waals surface area contributed by atoms with Gasteiger partial charge in [-0.15, -0.1) is 0 Å². The normalized spacial score (nSPS) is 14.9. The number of carbonyl (C=O) groups is 3. The molecule has 1 aromatic heterocycles. The Hall–Kier alpha value is -6.07. The summed E-state index contributed by atoms with van der Waals surface area (Å²) in [5.74, 6) is 0.284. The fraction of sp³-hybridized carbons (Fsp3) is 0.311. The van der Waals surface area contributed by atoms with E-state index in [0.29, 0.717) is 48.6 Å². The second-order valence-corrected chi connectivity index (χ2v) is 15.2. The lowest BCUT2D eigenvalue weighted by Gasteiger charge is -2.36. The van der Waals surface area contributed by atoms with Crippen LogP contribution in [0.1, 0.15) is 55.6 Å². The summed E-state index contributed by atoms with van der Waals surface area (Å²) in [6.45, 7) is 6.93. The van der Waals surface area contributed by atoms with Gasteiger partial charge in [-0.3, -0.25) is 9.59 Å². The molecule has 4 aromatic carbocycles. The number of anilines is 2. The Morgan fingerprint density at radius 3 is 2.29 bits per heavy atom. The van der Waals surface area contributed by atoms with Crippen molar-refractivity contribution in [3.05, 3.63) is 130 Å². The van der Waals surface area contributed by atoms with E-state index < -0.39 is 6.09 Å². The molecule has 0 saturated heterocycles. The van der Waals surface area contributed by atoms with Crippen molar-refractivity contribution < 1.29 is 24.2 Å². The van der Waals surface area contributed by atoms with Gasteiger partial charge in [-0.25, -0.2) is 4.79 Å². The van der Waals surface area contributed by atoms with E-state index in [1.165, 1.54) is 5.56 Å². The Kier molecular flexibility index (Phi) is 10.9. The summed E-state index contributed by atoms with van der Waals surface area (Å²) in [5.41, 5.74) is 9.20. The van der Waals surface area contributed by atoms with Crippen molar-refractivity contribution in [1.82, 2.24) is 19.3 Å². The van der Waals surface area contributed by atoms with E-state index in [2.05, 4.69) is 35.3 Å². The van der Waals surface area contributed by atoms with Crippen LogP contribution in [0.3, 0.4) is 0 Å². The first-order valence-electron chi connectivity index (χ1n) is 19.1. The molecule has 5 aromatic rings.